The molecule has 0 amide bonds. The topological polar surface area (TPSA) is 106 Å². The van der Waals surface area contributed by atoms with E-state index in [0.717, 1.165) is 14.2 Å². The fourth-order valence-corrected chi connectivity index (χ4v) is 3.72. The van der Waals surface area contributed by atoms with Crippen molar-refractivity contribution < 1.29 is 45.4 Å². The molecule has 3 rings (SSSR count). The third kappa shape index (κ3) is 4.21. The van der Waals surface area contributed by atoms with Gasteiger partial charge in [-0.3, -0.25) is 4.90 Å². The normalized spacial score (nSPS) is 16.1. The van der Waals surface area contributed by atoms with E-state index in [9.17, 15) is 41.2 Å². The monoisotopic (exact) mass is 511 g/mol. The number of nitrogens with two attached hydrogens (primary N) is 1. The minimum Gasteiger partial charge on any atom is -0.466 e. The lowest BCUT2D eigenvalue weighted by Gasteiger charge is -2.36. The summed E-state index contributed by atoms with van der Waals surface area (Å²) in [5.74, 6) is -12.2. The van der Waals surface area contributed by atoms with Gasteiger partial charge >= 0.3 is 18.1 Å². The molecule has 0 radical (unpaired) electrons. The Kier molecular flexibility index (Phi) is 7.01. The van der Waals surface area contributed by atoms with E-state index in [1.54, 1.807) is 12.1 Å². The third-order valence-electron chi connectivity index (χ3n) is 5.28. The molecule has 0 saturated carbocycles. The van der Waals surface area contributed by atoms with Crippen molar-refractivity contribution in [1.29, 1.82) is 5.26 Å². The number of hydrogen-bond acceptors (Lipinski definition) is 7. The molecule has 0 fully saturated rings. The molecule has 2 N–H and O–H groups in total. The molecule has 0 saturated heterocycles. The fourth-order valence-electron chi connectivity index (χ4n) is 3.72. The Morgan fingerprint density at radius 2 is 1.58 bits per heavy atom. The van der Waals surface area contributed by atoms with Gasteiger partial charge in [-0.05, 0) is 11.6 Å². The van der Waals surface area contributed by atoms with Crippen LogP contribution in [-0.4, -0.2) is 26.2 Å². The van der Waals surface area contributed by atoms with Crippen molar-refractivity contribution in [2.24, 2.45) is 5.73 Å². The van der Waals surface area contributed by atoms with E-state index in [4.69, 9.17) is 10.5 Å². The van der Waals surface area contributed by atoms with Crippen molar-refractivity contribution in [2.45, 2.75) is 12.1 Å². The highest BCUT2D eigenvalue weighted by Gasteiger charge is 2.45. The first-order valence-electron chi connectivity index (χ1n) is 9.80. The summed E-state index contributed by atoms with van der Waals surface area (Å²) in [6.45, 7) is 0. The summed E-state index contributed by atoms with van der Waals surface area (Å²) in [6.07, 6.45) is -5.49. The van der Waals surface area contributed by atoms with Crippen LogP contribution in [0, 0.1) is 28.8 Å². The predicted octanol–water partition coefficient (Wildman–Crippen LogP) is 4.02. The number of ether oxygens (including phenoxy) is 2. The first kappa shape index (κ1) is 26.1. The molecule has 1 aliphatic heterocycles. The fraction of sp³-hybridized carbons (Fsp3) is 0.174. The lowest BCUT2D eigenvalue weighted by atomic mass is 9.81. The van der Waals surface area contributed by atoms with Crippen molar-refractivity contribution in [2.75, 3.05) is 19.1 Å². The van der Waals surface area contributed by atoms with E-state index < -0.39 is 75.4 Å². The second-order valence-electron chi connectivity index (χ2n) is 7.22. The summed E-state index contributed by atoms with van der Waals surface area (Å²) < 4.78 is 92.7. The van der Waals surface area contributed by atoms with Crippen LogP contribution < -0.4 is 10.6 Å². The van der Waals surface area contributed by atoms with Crippen LogP contribution in [0.4, 0.5) is 32.0 Å². The number of rotatable bonds is 4. The lowest BCUT2D eigenvalue weighted by Crippen LogP contribution is -2.41. The maximum Gasteiger partial charge on any atom is 0.419 e. The van der Waals surface area contributed by atoms with E-state index in [1.165, 1.54) is 24.3 Å². The number of carbonyl (C=O) groups is 2. The molecular weight excluding hydrogens is 496 g/mol. The maximum absolute atomic E-state index is 14.9. The van der Waals surface area contributed by atoms with E-state index in [1.807, 2.05) is 0 Å². The van der Waals surface area contributed by atoms with Crippen LogP contribution in [0.3, 0.4) is 0 Å². The average molecular weight is 511 g/mol. The van der Waals surface area contributed by atoms with Crippen LogP contribution in [0.25, 0.3) is 0 Å². The number of carbonyl (C=O) groups excluding carboxylic acids is 2. The van der Waals surface area contributed by atoms with Gasteiger partial charge < -0.3 is 15.2 Å². The third-order valence-corrected chi connectivity index (χ3v) is 5.28. The van der Waals surface area contributed by atoms with Gasteiger partial charge in [0, 0.05) is 0 Å². The zero-order valence-electron chi connectivity index (χ0n) is 18.4. The zero-order valence-corrected chi connectivity index (χ0v) is 18.4. The van der Waals surface area contributed by atoms with Gasteiger partial charge in [-0.2, -0.15) is 18.4 Å². The number of methoxy groups -OCH3 is 2. The Balaban J connectivity index is 2.52. The van der Waals surface area contributed by atoms with Crippen LogP contribution in [-0.2, 0) is 25.2 Å². The Morgan fingerprint density at radius 3 is 2.08 bits per heavy atom. The zero-order chi connectivity index (χ0) is 26.9. The van der Waals surface area contributed by atoms with Crippen molar-refractivity contribution in [3.63, 3.8) is 0 Å². The molecule has 188 valence electrons. The van der Waals surface area contributed by atoms with Crippen molar-refractivity contribution in [3.05, 3.63) is 87.6 Å². The first-order valence-corrected chi connectivity index (χ1v) is 9.80. The van der Waals surface area contributed by atoms with Crippen LogP contribution in [0.2, 0.25) is 0 Å². The number of halogens is 6. The molecule has 36 heavy (non-hydrogen) atoms. The number of benzene rings is 2. The molecule has 0 spiro atoms. The number of nitrogens with zero attached hydrogens (tertiary/aromatic N) is 2. The number of anilines is 1. The van der Waals surface area contributed by atoms with Gasteiger partial charge in [-0.1, -0.05) is 30.3 Å². The number of hydrogen-bond donors (Lipinski definition) is 1. The largest absolute Gasteiger partial charge is 0.466 e. The van der Waals surface area contributed by atoms with Crippen LogP contribution in [0.5, 0.6) is 0 Å². The minimum atomic E-state index is -5.49. The summed E-state index contributed by atoms with van der Waals surface area (Å²) in [7, 11) is 1.74. The summed E-state index contributed by atoms with van der Waals surface area (Å²) >= 11 is 0. The Morgan fingerprint density at radius 1 is 1.00 bits per heavy atom. The van der Waals surface area contributed by atoms with Crippen LogP contribution >= 0.6 is 0 Å². The van der Waals surface area contributed by atoms with Gasteiger partial charge in [0.1, 0.15) is 11.5 Å². The van der Waals surface area contributed by atoms with E-state index in [2.05, 4.69) is 4.74 Å². The highest BCUT2D eigenvalue weighted by molar-refractivity contribution is 6.06. The molecule has 1 heterocycles. The smallest absolute Gasteiger partial charge is 0.419 e. The molecular formula is C23H15F6N3O4. The maximum atomic E-state index is 14.9. The molecule has 1 aliphatic rings. The Hall–Kier alpha value is -4.47. The molecule has 1 atom stereocenters. The van der Waals surface area contributed by atoms with Crippen molar-refractivity contribution >= 4 is 17.6 Å². The summed E-state index contributed by atoms with van der Waals surface area (Å²) in [5.41, 5.74) is 0.461. The molecule has 0 aliphatic carbocycles. The number of allylic oxidation sites excluding steroid dienone is 1. The highest BCUT2D eigenvalue weighted by Crippen LogP contribution is 2.45. The van der Waals surface area contributed by atoms with Gasteiger partial charge in [0.25, 0.3) is 0 Å². The van der Waals surface area contributed by atoms with Gasteiger partial charge in [0.15, 0.2) is 17.5 Å². The highest BCUT2D eigenvalue weighted by atomic mass is 19.4. The Bertz CT molecular complexity index is 1350. The summed E-state index contributed by atoms with van der Waals surface area (Å²) in [6, 6.07) is 9.07. The van der Waals surface area contributed by atoms with E-state index >= 15 is 0 Å². The lowest BCUT2D eigenvalue weighted by molar-refractivity contribution is -0.140. The Labute approximate surface area is 199 Å². The van der Waals surface area contributed by atoms with Crippen LogP contribution in [0.1, 0.15) is 17.0 Å². The average Bonchev–Trinajstić information content (AvgIpc) is 2.85. The number of esters is 2. The van der Waals surface area contributed by atoms with Gasteiger partial charge in [0.05, 0.1) is 48.6 Å². The second kappa shape index (κ2) is 9.65. The number of nitriles is 1. The van der Waals surface area contributed by atoms with Gasteiger partial charge in [0.2, 0.25) is 0 Å². The van der Waals surface area contributed by atoms with E-state index in [-0.39, 0.29) is 16.5 Å². The first-order chi connectivity index (χ1) is 16.9. The second-order valence-corrected chi connectivity index (χ2v) is 7.22. The van der Waals surface area contributed by atoms with Gasteiger partial charge in [-0.25, -0.2) is 22.8 Å². The molecule has 7 nitrogen and oxygen atoms in total. The molecule has 1 unspecified atom stereocenters. The summed E-state index contributed by atoms with van der Waals surface area (Å²) in [5, 5.41) is 9.85. The summed E-state index contributed by atoms with van der Waals surface area (Å²) in [4.78, 5) is 25.9. The predicted molar refractivity (Wildman–Crippen MR) is 111 cm³/mol. The van der Waals surface area contributed by atoms with Crippen molar-refractivity contribution in [1.82, 2.24) is 0 Å². The quantitative estimate of drug-likeness (QED) is 0.376. The molecule has 13 heteroatoms. The molecule has 2 aromatic carbocycles. The van der Waals surface area contributed by atoms with E-state index in [0.29, 0.717) is 0 Å². The van der Waals surface area contributed by atoms with Crippen LogP contribution in [0.15, 0.2) is 59.1 Å². The molecule has 2 aromatic rings. The van der Waals surface area contributed by atoms with Gasteiger partial charge in [-0.15, -0.1) is 0 Å². The molecule has 0 aromatic heterocycles. The van der Waals surface area contributed by atoms with Crippen molar-refractivity contribution in [3.8, 4) is 6.07 Å². The molecule has 0 bridgehead atoms. The SMILES string of the molecule is COC(=O)C1=C(C(=O)OC)N(c2cc(C(F)(F)F)c(F)c(F)c2F)C(N)=C(C#N)C1c1ccccc1. The standard InChI is InChI=1S/C23H15F6N3O4/c1-35-21(33)15-14(10-6-4-3-5-7-10)11(9-30)20(31)32(19(15)22(34)36-2)13-8-12(23(27,28)29)16(24)18(26)17(13)25/h3-8,14H,31H2,1-2H3. The minimum absolute atomic E-state index is 0.143. The number of alkyl halides is 3.